The van der Waals surface area contributed by atoms with Gasteiger partial charge in [-0.15, -0.1) is 0 Å². The molecule has 1 N–H and O–H groups in total. The quantitative estimate of drug-likeness (QED) is 0.876. The van der Waals surface area contributed by atoms with Crippen LogP contribution < -0.4 is 14.8 Å². The average Bonchev–Trinajstić information content (AvgIpc) is 2.54. The third kappa shape index (κ3) is 3.91. The van der Waals surface area contributed by atoms with Crippen LogP contribution in [0, 0.1) is 0 Å². The van der Waals surface area contributed by atoms with Gasteiger partial charge in [-0.1, -0.05) is 6.92 Å². The number of ether oxygens (including phenoxy) is 2. The molecule has 0 bridgehead atoms. The maximum absolute atomic E-state index is 12.7. The number of hydrogen-bond donors (Lipinski definition) is 1. The lowest BCUT2D eigenvalue weighted by molar-refractivity contribution is 0.0655. The number of carbonyl (C=O) groups is 1. The molecule has 1 amide bonds. The molecule has 2 rings (SSSR count). The summed E-state index contributed by atoms with van der Waals surface area (Å²) in [6, 6.07) is 5.66. The van der Waals surface area contributed by atoms with E-state index >= 15 is 0 Å². The summed E-state index contributed by atoms with van der Waals surface area (Å²) >= 11 is 0. The van der Waals surface area contributed by atoms with Crippen LogP contribution in [0.25, 0.3) is 0 Å². The zero-order valence-electron chi connectivity index (χ0n) is 13.7. The predicted octanol–water partition coefficient (Wildman–Crippen LogP) is 2.31. The van der Waals surface area contributed by atoms with Gasteiger partial charge in [0.25, 0.3) is 5.91 Å². The van der Waals surface area contributed by atoms with Crippen molar-refractivity contribution >= 4 is 5.91 Å². The van der Waals surface area contributed by atoms with Crippen molar-refractivity contribution in [2.45, 2.75) is 33.2 Å². The summed E-state index contributed by atoms with van der Waals surface area (Å²) in [5.41, 5.74) is 0.654. The van der Waals surface area contributed by atoms with Crippen LogP contribution in [0.15, 0.2) is 18.2 Å². The second-order valence-corrected chi connectivity index (χ2v) is 5.49. The molecule has 1 aliphatic rings. The molecular weight excluding hydrogens is 280 g/mol. The molecule has 0 saturated carbocycles. The number of benzene rings is 1. The first kappa shape index (κ1) is 16.6. The van der Waals surface area contributed by atoms with Gasteiger partial charge in [0.2, 0.25) is 0 Å². The Balaban J connectivity index is 2.19. The molecule has 1 aliphatic heterocycles. The smallest absolute Gasteiger partial charge is 0.254 e. The molecule has 1 aromatic rings. The summed E-state index contributed by atoms with van der Waals surface area (Å²) in [5, 5.41) is 3.30. The summed E-state index contributed by atoms with van der Waals surface area (Å²) in [5.74, 6) is 1.40. The molecular formula is C17H26N2O3. The van der Waals surface area contributed by atoms with Gasteiger partial charge in [0.05, 0.1) is 13.2 Å². The monoisotopic (exact) mass is 306 g/mol. The molecule has 1 unspecified atom stereocenters. The first-order valence-corrected chi connectivity index (χ1v) is 8.08. The van der Waals surface area contributed by atoms with E-state index in [9.17, 15) is 4.79 Å². The van der Waals surface area contributed by atoms with Crippen LogP contribution in [0.4, 0.5) is 0 Å². The van der Waals surface area contributed by atoms with Crippen molar-refractivity contribution in [2.75, 3.05) is 32.8 Å². The molecule has 1 fully saturated rings. The summed E-state index contributed by atoms with van der Waals surface area (Å²) in [4.78, 5) is 14.6. The zero-order valence-corrected chi connectivity index (χ0v) is 13.7. The predicted molar refractivity (Wildman–Crippen MR) is 86.8 cm³/mol. The van der Waals surface area contributed by atoms with Crippen molar-refractivity contribution in [2.24, 2.45) is 0 Å². The lowest BCUT2D eigenvalue weighted by Crippen LogP contribution is -2.52. The summed E-state index contributed by atoms with van der Waals surface area (Å²) in [6.07, 6.45) is 0.935. The van der Waals surface area contributed by atoms with Gasteiger partial charge in [-0.05, 0) is 38.5 Å². The number of carbonyl (C=O) groups excluding carboxylic acids is 1. The van der Waals surface area contributed by atoms with Crippen LogP contribution in [-0.2, 0) is 0 Å². The molecule has 22 heavy (non-hydrogen) atoms. The zero-order chi connectivity index (χ0) is 15.9. The molecule has 5 heteroatoms. The summed E-state index contributed by atoms with van der Waals surface area (Å²) < 4.78 is 11.3. The Morgan fingerprint density at radius 1 is 1.32 bits per heavy atom. The Kier molecular flexibility index (Phi) is 6.07. The van der Waals surface area contributed by atoms with E-state index in [-0.39, 0.29) is 11.9 Å². The Morgan fingerprint density at radius 3 is 2.82 bits per heavy atom. The number of amides is 1. The van der Waals surface area contributed by atoms with Gasteiger partial charge in [0.1, 0.15) is 0 Å². The van der Waals surface area contributed by atoms with E-state index in [2.05, 4.69) is 19.2 Å². The van der Waals surface area contributed by atoms with Gasteiger partial charge in [-0.25, -0.2) is 0 Å². The van der Waals surface area contributed by atoms with E-state index in [0.717, 1.165) is 26.1 Å². The normalized spacial score (nSPS) is 18.1. The highest BCUT2D eigenvalue weighted by Crippen LogP contribution is 2.29. The van der Waals surface area contributed by atoms with Gasteiger partial charge in [-0.2, -0.15) is 0 Å². The summed E-state index contributed by atoms with van der Waals surface area (Å²) in [7, 11) is 0. The number of nitrogens with one attached hydrogen (secondary N) is 1. The Labute approximate surface area is 132 Å². The average molecular weight is 306 g/mol. The van der Waals surface area contributed by atoms with E-state index in [1.54, 1.807) is 6.07 Å². The topological polar surface area (TPSA) is 50.8 Å². The van der Waals surface area contributed by atoms with Gasteiger partial charge in [0, 0.05) is 31.2 Å². The fourth-order valence-corrected chi connectivity index (χ4v) is 2.55. The standard InChI is InChI=1S/C17H26N2O3/c1-4-10-22-15-7-6-14(11-16(15)21-5-2)17(20)19-9-8-18-12-13(19)3/h6-7,11,13,18H,4-5,8-10,12H2,1-3H3. The van der Waals surface area contributed by atoms with Crippen molar-refractivity contribution in [3.05, 3.63) is 23.8 Å². The highest BCUT2D eigenvalue weighted by molar-refractivity contribution is 5.95. The largest absolute Gasteiger partial charge is 0.490 e. The first-order valence-electron chi connectivity index (χ1n) is 8.08. The number of piperazine rings is 1. The van der Waals surface area contributed by atoms with Gasteiger partial charge in [-0.3, -0.25) is 4.79 Å². The first-order chi connectivity index (χ1) is 10.7. The second-order valence-electron chi connectivity index (χ2n) is 5.49. The summed E-state index contributed by atoms with van der Waals surface area (Å²) in [6.45, 7) is 9.64. The SMILES string of the molecule is CCCOc1ccc(C(=O)N2CCNCC2C)cc1OCC. The number of nitrogens with zero attached hydrogens (tertiary/aromatic N) is 1. The van der Waals surface area contributed by atoms with Crippen molar-refractivity contribution in [3.8, 4) is 11.5 Å². The molecule has 0 aliphatic carbocycles. The minimum atomic E-state index is 0.0528. The van der Waals surface area contributed by atoms with Crippen molar-refractivity contribution in [1.29, 1.82) is 0 Å². The molecule has 0 aromatic heterocycles. The highest BCUT2D eigenvalue weighted by Gasteiger charge is 2.24. The lowest BCUT2D eigenvalue weighted by Gasteiger charge is -2.34. The van der Waals surface area contributed by atoms with Gasteiger partial charge in [0.15, 0.2) is 11.5 Å². The van der Waals surface area contributed by atoms with Crippen LogP contribution in [0.2, 0.25) is 0 Å². The Hall–Kier alpha value is -1.75. The highest BCUT2D eigenvalue weighted by atomic mass is 16.5. The molecule has 1 atom stereocenters. The van der Waals surface area contributed by atoms with Crippen LogP contribution in [0.5, 0.6) is 11.5 Å². The maximum atomic E-state index is 12.7. The third-order valence-electron chi connectivity index (χ3n) is 3.71. The van der Waals surface area contributed by atoms with Crippen LogP contribution in [0.1, 0.15) is 37.6 Å². The molecule has 122 valence electrons. The fraction of sp³-hybridized carbons (Fsp3) is 0.588. The Morgan fingerprint density at radius 2 is 2.14 bits per heavy atom. The van der Waals surface area contributed by atoms with E-state index in [1.807, 2.05) is 24.0 Å². The fourth-order valence-electron chi connectivity index (χ4n) is 2.55. The van der Waals surface area contributed by atoms with Crippen molar-refractivity contribution in [3.63, 3.8) is 0 Å². The number of hydrogen-bond acceptors (Lipinski definition) is 4. The molecule has 1 saturated heterocycles. The molecule has 1 aromatic carbocycles. The van der Waals surface area contributed by atoms with Crippen LogP contribution >= 0.6 is 0 Å². The minimum Gasteiger partial charge on any atom is -0.490 e. The van der Waals surface area contributed by atoms with E-state index in [1.165, 1.54) is 0 Å². The second kappa shape index (κ2) is 8.03. The number of rotatable bonds is 6. The van der Waals surface area contributed by atoms with E-state index in [4.69, 9.17) is 9.47 Å². The maximum Gasteiger partial charge on any atom is 0.254 e. The van der Waals surface area contributed by atoms with Crippen LogP contribution in [0.3, 0.4) is 0 Å². The third-order valence-corrected chi connectivity index (χ3v) is 3.71. The van der Waals surface area contributed by atoms with Crippen LogP contribution in [-0.4, -0.2) is 49.7 Å². The van der Waals surface area contributed by atoms with Crippen molar-refractivity contribution < 1.29 is 14.3 Å². The van der Waals surface area contributed by atoms with E-state index < -0.39 is 0 Å². The van der Waals surface area contributed by atoms with Gasteiger partial charge >= 0.3 is 0 Å². The Bertz CT molecular complexity index is 505. The molecule has 0 spiro atoms. The minimum absolute atomic E-state index is 0.0528. The van der Waals surface area contributed by atoms with Crippen molar-refractivity contribution in [1.82, 2.24) is 10.2 Å². The van der Waals surface area contributed by atoms with E-state index in [0.29, 0.717) is 30.3 Å². The molecule has 1 heterocycles. The molecule has 5 nitrogen and oxygen atoms in total. The molecule has 0 radical (unpaired) electrons. The lowest BCUT2D eigenvalue weighted by atomic mass is 10.1. The van der Waals surface area contributed by atoms with Gasteiger partial charge < -0.3 is 19.7 Å².